The molecule has 0 aliphatic rings. The average molecular weight is 311 g/mol. The quantitative estimate of drug-likeness (QED) is 0.662. The van der Waals surface area contributed by atoms with Crippen LogP contribution < -0.4 is 9.47 Å². The molecule has 0 spiro atoms. The van der Waals surface area contributed by atoms with Crippen LogP contribution in [0.3, 0.4) is 0 Å². The number of hydrogen-bond donors (Lipinski definition) is 0. The molecule has 0 aliphatic carbocycles. The van der Waals surface area contributed by atoms with Gasteiger partial charge in [-0.15, -0.1) is 0 Å². The third-order valence-electron chi connectivity index (χ3n) is 3.36. The van der Waals surface area contributed by atoms with E-state index in [0.717, 1.165) is 29.0 Å². The fraction of sp³-hybridized carbons (Fsp3) is 0.316. The minimum Gasteiger partial charge on any atom is -0.496 e. The van der Waals surface area contributed by atoms with E-state index < -0.39 is 0 Å². The molecule has 0 aromatic heterocycles. The average Bonchev–Trinajstić information content (AvgIpc) is 2.60. The lowest BCUT2D eigenvalue weighted by Crippen LogP contribution is -2.04. The maximum absolute atomic E-state index is 8.63. The molecule has 0 fully saturated rings. The largest absolute Gasteiger partial charge is 0.496 e. The standard InChI is InChI=1S/C19H21NO3/c1-21-19-6-3-2-5-17(19)15-22-13-4-14-23-18-9-7-16(8-10-18)11-12-20/h2-3,5-10H,4,11,13-15H2,1H3. The molecule has 120 valence electrons. The van der Waals surface area contributed by atoms with E-state index in [1.807, 2.05) is 48.5 Å². The SMILES string of the molecule is COc1ccccc1COCCCOc1ccc(CC#N)cc1. The minimum absolute atomic E-state index is 0.428. The van der Waals surface area contributed by atoms with Gasteiger partial charge >= 0.3 is 0 Å². The fourth-order valence-electron chi connectivity index (χ4n) is 2.15. The molecule has 4 nitrogen and oxygen atoms in total. The van der Waals surface area contributed by atoms with Crippen molar-refractivity contribution in [1.82, 2.24) is 0 Å². The maximum Gasteiger partial charge on any atom is 0.124 e. The highest BCUT2D eigenvalue weighted by Gasteiger charge is 2.01. The van der Waals surface area contributed by atoms with Crippen LogP contribution in [0, 0.1) is 11.3 Å². The first-order chi connectivity index (χ1) is 11.3. The lowest BCUT2D eigenvalue weighted by molar-refractivity contribution is 0.105. The van der Waals surface area contributed by atoms with Gasteiger partial charge in [-0.3, -0.25) is 0 Å². The lowest BCUT2D eigenvalue weighted by atomic mass is 10.2. The van der Waals surface area contributed by atoms with Crippen molar-refractivity contribution in [2.75, 3.05) is 20.3 Å². The smallest absolute Gasteiger partial charge is 0.124 e. The third-order valence-corrected chi connectivity index (χ3v) is 3.36. The summed E-state index contributed by atoms with van der Waals surface area (Å²) in [5.74, 6) is 1.66. The van der Waals surface area contributed by atoms with Crippen LogP contribution in [0.2, 0.25) is 0 Å². The van der Waals surface area contributed by atoms with Gasteiger partial charge in [-0.25, -0.2) is 0 Å². The molecule has 2 rings (SSSR count). The Labute approximate surface area is 137 Å². The molecule has 0 atom stereocenters. The van der Waals surface area contributed by atoms with E-state index in [4.69, 9.17) is 19.5 Å². The van der Waals surface area contributed by atoms with Crippen LogP contribution in [0.1, 0.15) is 17.5 Å². The molecule has 2 aromatic rings. The Morgan fingerprint density at radius 1 is 1.00 bits per heavy atom. The molecular weight excluding hydrogens is 290 g/mol. The number of nitrogens with zero attached hydrogens (tertiary/aromatic N) is 1. The number of para-hydroxylation sites is 1. The van der Waals surface area contributed by atoms with Crippen LogP contribution in [-0.4, -0.2) is 20.3 Å². The van der Waals surface area contributed by atoms with Crippen LogP contribution in [0.4, 0.5) is 0 Å². The molecule has 0 aliphatic heterocycles. The Bertz CT molecular complexity index is 632. The number of nitriles is 1. The molecule has 0 saturated carbocycles. The fourth-order valence-corrected chi connectivity index (χ4v) is 2.15. The van der Waals surface area contributed by atoms with Gasteiger partial charge in [0.15, 0.2) is 0 Å². The van der Waals surface area contributed by atoms with E-state index in [2.05, 4.69) is 6.07 Å². The topological polar surface area (TPSA) is 51.5 Å². The van der Waals surface area contributed by atoms with Gasteiger partial charge in [-0.05, 0) is 23.8 Å². The zero-order chi connectivity index (χ0) is 16.3. The summed E-state index contributed by atoms with van der Waals surface area (Å²) < 4.78 is 16.6. The number of ether oxygens (including phenoxy) is 3. The molecule has 0 radical (unpaired) electrons. The van der Waals surface area contributed by atoms with Gasteiger partial charge in [0, 0.05) is 12.0 Å². The van der Waals surface area contributed by atoms with E-state index >= 15 is 0 Å². The van der Waals surface area contributed by atoms with Crippen molar-refractivity contribution < 1.29 is 14.2 Å². The van der Waals surface area contributed by atoms with Crippen LogP contribution in [-0.2, 0) is 17.8 Å². The normalized spacial score (nSPS) is 10.1. The van der Waals surface area contributed by atoms with Crippen molar-refractivity contribution in [2.45, 2.75) is 19.4 Å². The van der Waals surface area contributed by atoms with Crippen molar-refractivity contribution in [3.05, 3.63) is 59.7 Å². The summed E-state index contributed by atoms with van der Waals surface area (Å²) in [5.41, 5.74) is 2.05. The Morgan fingerprint density at radius 2 is 1.78 bits per heavy atom. The predicted molar refractivity (Wildman–Crippen MR) is 88.5 cm³/mol. The van der Waals surface area contributed by atoms with Crippen LogP contribution >= 0.6 is 0 Å². The Hall–Kier alpha value is -2.51. The van der Waals surface area contributed by atoms with Crippen molar-refractivity contribution >= 4 is 0 Å². The van der Waals surface area contributed by atoms with Gasteiger partial charge in [0.1, 0.15) is 11.5 Å². The number of rotatable bonds is 9. The first-order valence-corrected chi connectivity index (χ1v) is 7.62. The second-order valence-corrected chi connectivity index (χ2v) is 5.05. The summed E-state index contributed by atoms with van der Waals surface area (Å²) in [4.78, 5) is 0. The Balaban J connectivity index is 1.63. The first-order valence-electron chi connectivity index (χ1n) is 7.62. The number of methoxy groups -OCH3 is 1. The number of hydrogen-bond acceptors (Lipinski definition) is 4. The molecule has 0 heterocycles. The molecule has 23 heavy (non-hydrogen) atoms. The van der Waals surface area contributed by atoms with Gasteiger partial charge in [0.2, 0.25) is 0 Å². The summed E-state index contributed by atoms with van der Waals surface area (Å²) in [6, 6.07) is 17.6. The van der Waals surface area contributed by atoms with Crippen molar-refractivity contribution in [3.63, 3.8) is 0 Å². The van der Waals surface area contributed by atoms with Crippen molar-refractivity contribution in [3.8, 4) is 17.6 Å². The van der Waals surface area contributed by atoms with E-state index in [1.165, 1.54) is 0 Å². The van der Waals surface area contributed by atoms with Gasteiger partial charge in [0.05, 0.1) is 39.4 Å². The molecule has 0 N–H and O–H groups in total. The van der Waals surface area contributed by atoms with Crippen molar-refractivity contribution in [2.24, 2.45) is 0 Å². The summed E-state index contributed by atoms with van der Waals surface area (Å²) in [7, 11) is 1.66. The minimum atomic E-state index is 0.428. The highest BCUT2D eigenvalue weighted by atomic mass is 16.5. The second kappa shape index (κ2) is 9.50. The monoisotopic (exact) mass is 311 g/mol. The molecule has 0 bridgehead atoms. The number of benzene rings is 2. The van der Waals surface area contributed by atoms with Gasteiger partial charge in [-0.2, -0.15) is 5.26 Å². The van der Waals surface area contributed by atoms with Crippen LogP contribution in [0.5, 0.6) is 11.5 Å². The van der Waals surface area contributed by atoms with Crippen LogP contribution in [0.15, 0.2) is 48.5 Å². The van der Waals surface area contributed by atoms with Crippen LogP contribution in [0.25, 0.3) is 0 Å². The highest BCUT2D eigenvalue weighted by Crippen LogP contribution is 2.18. The molecule has 4 heteroatoms. The Morgan fingerprint density at radius 3 is 2.52 bits per heavy atom. The van der Waals surface area contributed by atoms with E-state index in [1.54, 1.807) is 7.11 Å². The molecule has 2 aromatic carbocycles. The summed E-state index contributed by atoms with van der Waals surface area (Å²) in [6.45, 7) is 1.76. The highest BCUT2D eigenvalue weighted by molar-refractivity contribution is 5.32. The van der Waals surface area contributed by atoms with Gasteiger partial charge in [-0.1, -0.05) is 30.3 Å². The predicted octanol–water partition coefficient (Wildman–Crippen LogP) is 3.75. The molecular formula is C19H21NO3. The molecule has 0 amide bonds. The van der Waals surface area contributed by atoms with E-state index in [-0.39, 0.29) is 0 Å². The van der Waals surface area contributed by atoms with Gasteiger partial charge < -0.3 is 14.2 Å². The summed E-state index contributed by atoms with van der Waals surface area (Å²) in [5, 5.41) is 8.63. The van der Waals surface area contributed by atoms with Crippen molar-refractivity contribution in [1.29, 1.82) is 5.26 Å². The first kappa shape index (κ1) is 16.9. The Kier molecular flexibility index (Phi) is 6.96. The maximum atomic E-state index is 8.63. The molecule has 0 saturated heterocycles. The lowest BCUT2D eigenvalue weighted by Gasteiger charge is -2.09. The summed E-state index contributed by atoms with van der Waals surface area (Å²) >= 11 is 0. The zero-order valence-corrected chi connectivity index (χ0v) is 13.3. The van der Waals surface area contributed by atoms with Gasteiger partial charge in [0.25, 0.3) is 0 Å². The third kappa shape index (κ3) is 5.65. The second-order valence-electron chi connectivity index (χ2n) is 5.05. The summed E-state index contributed by atoms with van der Waals surface area (Å²) in [6.07, 6.45) is 1.24. The van der Waals surface area contributed by atoms with E-state index in [0.29, 0.717) is 26.2 Å². The van der Waals surface area contributed by atoms with E-state index in [9.17, 15) is 0 Å². The molecule has 0 unspecified atom stereocenters. The zero-order valence-electron chi connectivity index (χ0n) is 13.3.